The molecule has 32 heavy (non-hydrogen) atoms. The summed E-state index contributed by atoms with van der Waals surface area (Å²) in [7, 11) is 0. The van der Waals surface area contributed by atoms with E-state index < -0.39 is 23.2 Å². The predicted molar refractivity (Wildman–Crippen MR) is 120 cm³/mol. The fourth-order valence-electron chi connectivity index (χ4n) is 5.55. The molecule has 0 aromatic heterocycles. The third-order valence-corrected chi connectivity index (χ3v) is 7.09. The maximum absolute atomic E-state index is 15.0. The molecule has 2 fully saturated rings. The van der Waals surface area contributed by atoms with Gasteiger partial charge in [-0.2, -0.15) is 0 Å². The van der Waals surface area contributed by atoms with E-state index >= 15 is 4.39 Å². The first-order valence-corrected chi connectivity index (χ1v) is 11.6. The minimum atomic E-state index is -0.855. The maximum atomic E-state index is 15.0. The molecule has 4 atom stereocenters. The van der Waals surface area contributed by atoms with Crippen molar-refractivity contribution in [2.75, 3.05) is 13.2 Å². The lowest BCUT2D eigenvalue weighted by Gasteiger charge is -2.42. The lowest BCUT2D eigenvalue weighted by atomic mass is 9.65. The molecule has 2 aliphatic carbocycles. The van der Waals surface area contributed by atoms with Crippen LogP contribution in [0.5, 0.6) is 5.75 Å². The fourth-order valence-corrected chi connectivity index (χ4v) is 5.55. The summed E-state index contributed by atoms with van der Waals surface area (Å²) in [6.45, 7) is 6.28. The maximum Gasteiger partial charge on any atom is 0.191 e. The Morgan fingerprint density at radius 3 is 2.34 bits per heavy atom. The van der Waals surface area contributed by atoms with Crippen LogP contribution >= 0.6 is 0 Å². The summed E-state index contributed by atoms with van der Waals surface area (Å²) in [5.41, 5.74) is 1.32. The molecule has 2 aromatic carbocycles. The Hall–Kier alpha value is -2.27. The predicted octanol–water partition coefficient (Wildman–Crippen LogP) is 7.42. The van der Waals surface area contributed by atoms with Crippen molar-refractivity contribution in [3.63, 3.8) is 0 Å². The number of fused-ring (bicyclic) bond motifs is 1. The van der Waals surface area contributed by atoms with Crippen molar-refractivity contribution in [2.45, 2.75) is 57.5 Å². The number of ether oxygens (including phenoxy) is 2. The molecule has 2 aromatic rings. The first-order chi connectivity index (χ1) is 15.5. The van der Waals surface area contributed by atoms with E-state index in [9.17, 15) is 8.78 Å². The molecular formula is C27H31F3O2. The zero-order valence-corrected chi connectivity index (χ0v) is 18.6. The van der Waals surface area contributed by atoms with Crippen molar-refractivity contribution >= 4 is 0 Å². The first-order valence-electron chi connectivity index (χ1n) is 11.6. The Bertz CT molecular complexity index is 935. The summed E-state index contributed by atoms with van der Waals surface area (Å²) in [5.74, 6) is -0.943. The molecule has 0 amide bonds. The molecule has 2 aliphatic rings. The zero-order chi connectivity index (χ0) is 22.7. The van der Waals surface area contributed by atoms with E-state index in [0.717, 1.165) is 56.4 Å². The first kappa shape index (κ1) is 22.9. The monoisotopic (exact) mass is 444 g/mol. The van der Waals surface area contributed by atoms with E-state index in [2.05, 4.69) is 13.5 Å². The van der Waals surface area contributed by atoms with E-state index in [0.29, 0.717) is 23.9 Å². The second kappa shape index (κ2) is 10.1. The topological polar surface area (TPSA) is 18.5 Å². The summed E-state index contributed by atoms with van der Waals surface area (Å²) in [6, 6.07) is 7.32. The quantitative estimate of drug-likeness (QED) is 0.414. The standard InChI is InChI=1S/C27H31F3O2/c1-3-11-32-27-25(29)15-21(16-26(27)30)23-10-8-20(14-24(23)28)17-5-6-19-13-22(31-4-2)9-7-18(19)12-17/h3,8,10,14-19,22H,1,4-7,9,11-13H2,2H3. The van der Waals surface area contributed by atoms with Crippen LogP contribution in [-0.2, 0) is 4.74 Å². The van der Waals surface area contributed by atoms with Crippen LogP contribution in [0.15, 0.2) is 43.0 Å². The highest BCUT2D eigenvalue weighted by Gasteiger charge is 2.36. The smallest absolute Gasteiger partial charge is 0.191 e. The minimum Gasteiger partial charge on any atom is -0.483 e. The average Bonchev–Trinajstić information content (AvgIpc) is 2.78. The molecule has 0 bridgehead atoms. The van der Waals surface area contributed by atoms with Gasteiger partial charge in [-0.1, -0.05) is 24.8 Å². The van der Waals surface area contributed by atoms with Crippen molar-refractivity contribution in [3.8, 4) is 16.9 Å². The average molecular weight is 445 g/mol. The summed E-state index contributed by atoms with van der Waals surface area (Å²) in [4.78, 5) is 0. The third kappa shape index (κ3) is 4.88. The van der Waals surface area contributed by atoms with Crippen molar-refractivity contribution in [3.05, 3.63) is 66.0 Å². The molecule has 172 valence electrons. The lowest BCUT2D eigenvalue weighted by Crippen LogP contribution is -2.33. The Morgan fingerprint density at radius 1 is 0.938 bits per heavy atom. The van der Waals surface area contributed by atoms with Crippen molar-refractivity contribution in [2.24, 2.45) is 11.8 Å². The van der Waals surface area contributed by atoms with Gasteiger partial charge in [0.2, 0.25) is 0 Å². The van der Waals surface area contributed by atoms with Crippen LogP contribution < -0.4 is 4.74 Å². The molecule has 4 rings (SSSR count). The number of halogens is 3. The van der Waals surface area contributed by atoms with Crippen molar-refractivity contribution in [1.82, 2.24) is 0 Å². The number of benzene rings is 2. The van der Waals surface area contributed by atoms with Gasteiger partial charge in [0.15, 0.2) is 17.4 Å². The molecule has 4 unspecified atom stereocenters. The zero-order valence-electron chi connectivity index (χ0n) is 18.6. The molecule has 0 aliphatic heterocycles. The van der Waals surface area contributed by atoms with E-state index in [4.69, 9.17) is 9.47 Å². The Balaban J connectivity index is 1.48. The summed E-state index contributed by atoms with van der Waals surface area (Å²) >= 11 is 0. The van der Waals surface area contributed by atoms with Crippen LogP contribution in [-0.4, -0.2) is 19.3 Å². The number of hydrogen-bond acceptors (Lipinski definition) is 2. The second-order valence-corrected chi connectivity index (χ2v) is 9.03. The normalized spacial score (nSPS) is 25.2. The molecule has 5 heteroatoms. The van der Waals surface area contributed by atoms with Gasteiger partial charge in [-0.25, -0.2) is 13.2 Å². The highest BCUT2D eigenvalue weighted by molar-refractivity contribution is 5.66. The molecule has 0 heterocycles. The van der Waals surface area contributed by atoms with Crippen LogP contribution in [0.1, 0.15) is 56.9 Å². The molecule has 2 saturated carbocycles. The Morgan fingerprint density at radius 2 is 1.66 bits per heavy atom. The summed E-state index contributed by atoms with van der Waals surface area (Å²) in [5, 5.41) is 0. The van der Waals surface area contributed by atoms with E-state index in [1.807, 2.05) is 6.07 Å². The largest absolute Gasteiger partial charge is 0.483 e. The van der Waals surface area contributed by atoms with Gasteiger partial charge in [0.05, 0.1) is 6.10 Å². The summed E-state index contributed by atoms with van der Waals surface area (Å²) in [6.07, 6.45) is 8.47. The SMILES string of the molecule is C=CCOc1c(F)cc(-c2ccc(C3CCC4CC(OCC)CCC4C3)cc2F)cc1F. The van der Waals surface area contributed by atoms with E-state index in [1.54, 1.807) is 12.1 Å². The van der Waals surface area contributed by atoms with Gasteiger partial charge in [0.25, 0.3) is 0 Å². The summed E-state index contributed by atoms with van der Waals surface area (Å²) < 4.78 is 54.5. The molecule has 0 spiro atoms. The van der Waals surface area contributed by atoms with Crippen LogP contribution in [0.4, 0.5) is 13.2 Å². The molecular weight excluding hydrogens is 413 g/mol. The number of hydrogen-bond donors (Lipinski definition) is 0. The highest BCUT2D eigenvalue weighted by Crippen LogP contribution is 2.47. The third-order valence-electron chi connectivity index (χ3n) is 7.09. The van der Waals surface area contributed by atoms with Gasteiger partial charge < -0.3 is 9.47 Å². The van der Waals surface area contributed by atoms with Gasteiger partial charge in [-0.15, -0.1) is 0 Å². The van der Waals surface area contributed by atoms with Crippen molar-refractivity contribution in [1.29, 1.82) is 0 Å². The van der Waals surface area contributed by atoms with Gasteiger partial charge in [-0.3, -0.25) is 0 Å². The van der Waals surface area contributed by atoms with Crippen LogP contribution in [0.2, 0.25) is 0 Å². The van der Waals surface area contributed by atoms with Crippen LogP contribution in [0.3, 0.4) is 0 Å². The molecule has 0 saturated heterocycles. The van der Waals surface area contributed by atoms with Crippen LogP contribution in [0, 0.1) is 29.3 Å². The second-order valence-electron chi connectivity index (χ2n) is 9.03. The minimum absolute atomic E-state index is 0.00817. The van der Waals surface area contributed by atoms with Gasteiger partial charge in [0, 0.05) is 12.2 Å². The van der Waals surface area contributed by atoms with Gasteiger partial charge in [-0.05, 0) is 92.5 Å². The highest BCUT2D eigenvalue weighted by atomic mass is 19.1. The van der Waals surface area contributed by atoms with Crippen molar-refractivity contribution < 1.29 is 22.6 Å². The van der Waals surface area contributed by atoms with E-state index in [1.165, 1.54) is 12.5 Å². The van der Waals surface area contributed by atoms with Gasteiger partial charge >= 0.3 is 0 Å². The van der Waals surface area contributed by atoms with Gasteiger partial charge in [0.1, 0.15) is 12.4 Å². The lowest BCUT2D eigenvalue weighted by molar-refractivity contribution is -0.00956. The number of rotatable bonds is 7. The molecule has 0 N–H and O–H groups in total. The van der Waals surface area contributed by atoms with E-state index in [-0.39, 0.29) is 17.7 Å². The Labute approximate surface area is 188 Å². The fraction of sp³-hybridized carbons (Fsp3) is 0.481. The Kier molecular flexibility index (Phi) is 7.24. The van der Waals surface area contributed by atoms with Crippen LogP contribution in [0.25, 0.3) is 11.1 Å². The molecule has 2 nitrogen and oxygen atoms in total. The molecule has 0 radical (unpaired) electrons.